The van der Waals surface area contributed by atoms with Gasteiger partial charge in [-0.1, -0.05) is 27.7 Å². The van der Waals surface area contributed by atoms with Gasteiger partial charge in [0.25, 0.3) is 0 Å². The molecule has 0 amide bonds. The molecule has 2 atom stereocenters. The van der Waals surface area contributed by atoms with Gasteiger partial charge in [-0.15, -0.1) is 11.3 Å². The van der Waals surface area contributed by atoms with Crippen molar-refractivity contribution in [3.05, 3.63) is 16.1 Å². The van der Waals surface area contributed by atoms with Gasteiger partial charge in [-0.25, -0.2) is 4.98 Å². The van der Waals surface area contributed by atoms with E-state index < -0.39 is 0 Å². The molecular formula is C16H29N3S. The highest BCUT2D eigenvalue weighted by atomic mass is 32.1. The Hall–Kier alpha value is -0.450. The van der Waals surface area contributed by atoms with Gasteiger partial charge in [0.2, 0.25) is 0 Å². The lowest BCUT2D eigenvalue weighted by molar-refractivity contribution is 0.149. The van der Waals surface area contributed by atoms with Gasteiger partial charge in [0.1, 0.15) is 5.01 Å². The molecule has 114 valence electrons. The maximum atomic E-state index is 4.98. The van der Waals surface area contributed by atoms with Crippen LogP contribution in [0.4, 0.5) is 0 Å². The van der Waals surface area contributed by atoms with Crippen LogP contribution in [-0.2, 0) is 5.54 Å². The number of piperidine rings is 1. The van der Waals surface area contributed by atoms with E-state index in [2.05, 4.69) is 43.7 Å². The SMILES string of the molecule is CCCNC1(c2nc(C(C)C)cs2)CCNCC1CC. The van der Waals surface area contributed by atoms with Gasteiger partial charge in [-0.05, 0) is 44.2 Å². The fourth-order valence-corrected chi connectivity index (χ4v) is 4.39. The molecule has 0 aliphatic carbocycles. The molecule has 2 rings (SSSR count). The Labute approximate surface area is 127 Å². The first-order valence-electron chi connectivity index (χ1n) is 8.05. The highest BCUT2D eigenvalue weighted by Crippen LogP contribution is 2.39. The van der Waals surface area contributed by atoms with Crippen molar-refractivity contribution in [1.29, 1.82) is 0 Å². The van der Waals surface area contributed by atoms with Crippen molar-refractivity contribution in [1.82, 2.24) is 15.6 Å². The maximum Gasteiger partial charge on any atom is 0.113 e. The molecule has 0 radical (unpaired) electrons. The quantitative estimate of drug-likeness (QED) is 0.843. The Bertz CT molecular complexity index is 416. The Balaban J connectivity index is 2.33. The number of aromatic nitrogens is 1. The Kier molecular flexibility index (Phi) is 5.58. The minimum absolute atomic E-state index is 0.0911. The van der Waals surface area contributed by atoms with Crippen molar-refractivity contribution in [2.45, 2.75) is 58.4 Å². The van der Waals surface area contributed by atoms with E-state index in [1.54, 1.807) is 0 Å². The zero-order valence-electron chi connectivity index (χ0n) is 13.3. The lowest BCUT2D eigenvalue weighted by atomic mass is 9.77. The first kappa shape index (κ1) is 15.9. The topological polar surface area (TPSA) is 37.0 Å². The summed E-state index contributed by atoms with van der Waals surface area (Å²) in [5.41, 5.74) is 1.34. The van der Waals surface area contributed by atoms with Crippen LogP contribution in [0.5, 0.6) is 0 Å². The third kappa shape index (κ3) is 3.07. The molecule has 3 nitrogen and oxygen atoms in total. The Morgan fingerprint density at radius 3 is 2.90 bits per heavy atom. The molecule has 0 saturated carbocycles. The van der Waals surface area contributed by atoms with Crippen LogP contribution in [0, 0.1) is 5.92 Å². The second kappa shape index (κ2) is 7.01. The molecule has 0 spiro atoms. The van der Waals surface area contributed by atoms with E-state index in [4.69, 9.17) is 4.98 Å². The summed E-state index contributed by atoms with van der Waals surface area (Å²) in [6.45, 7) is 12.3. The van der Waals surface area contributed by atoms with Gasteiger partial charge in [0.05, 0.1) is 11.2 Å². The predicted octanol–water partition coefficient (Wildman–Crippen LogP) is 3.48. The number of thiazole rings is 1. The van der Waals surface area contributed by atoms with Gasteiger partial charge < -0.3 is 10.6 Å². The normalized spacial score (nSPS) is 27.1. The van der Waals surface area contributed by atoms with Gasteiger partial charge >= 0.3 is 0 Å². The minimum atomic E-state index is 0.0911. The molecule has 2 N–H and O–H groups in total. The van der Waals surface area contributed by atoms with Crippen LogP contribution in [0.2, 0.25) is 0 Å². The van der Waals surface area contributed by atoms with E-state index >= 15 is 0 Å². The molecule has 4 heteroatoms. The van der Waals surface area contributed by atoms with Crippen LogP contribution >= 0.6 is 11.3 Å². The molecular weight excluding hydrogens is 266 g/mol. The van der Waals surface area contributed by atoms with Gasteiger partial charge in [0.15, 0.2) is 0 Å². The van der Waals surface area contributed by atoms with E-state index in [-0.39, 0.29) is 5.54 Å². The summed E-state index contributed by atoms with van der Waals surface area (Å²) in [4.78, 5) is 4.98. The van der Waals surface area contributed by atoms with Crippen LogP contribution in [0.15, 0.2) is 5.38 Å². The van der Waals surface area contributed by atoms with E-state index in [0.29, 0.717) is 11.8 Å². The first-order chi connectivity index (χ1) is 9.64. The second-order valence-electron chi connectivity index (χ2n) is 6.19. The largest absolute Gasteiger partial charge is 0.316 e. The average molecular weight is 295 g/mol. The summed E-state index contributed by atoms with van der Waals surface area (Å²) < 4.78 is 0. The number of rotatable bonds is 6. The fraction of sp³-hybridized carbons (Fsp3) is 0.812. The van der Waals surface area contributed by atoms with Crippen LogP contribution in [0.25, 0.3) is 0 Å². The summed E-state index contributed by atoms with van der Waals surface area (Å²) in [7, 11) is 0. The molecule has 2 unspecified atom stereocenters. The van der Waals surface area contributed by atoms with E-state index in [1.165, 1.54) is 23.5 Å². The summed E-state index contributed by atoms with van der Waals surface area (Å²) in [6.07, 6.45) is 3.52. The van der Waals surface area contributed by atoms with Gasteiger partial charge in [-0.3, -0.25) is 0 Å². The summed E-state index contributed by atoms with van der Waals surface area (Å²) in [5, 5.41) is 11.0. The molecule has 1 aliphatic heterocycles. The highest BCUT2D eigenvalue weighted by Gasteiger charge is 2.43. The number of hydrogen-bond donors (Lipinski definition) is 2. The Morgan fingerprint density at radius 2 is 2.30 bits per heavy atom. The Morgan fingerprint density at radius 1 is 1.50 bits per heavy atom. The number of nitrogens with zero attached hydrogens (tertiary/aromatic N) is 1. The average Bonchev–Trinajstić information content (AvgIpc) is 2.95. The van der Waals surface area contributed by atoms with Crippen molar-refractivity contribution in [3.63, 3.8) is 0 Å². The number of hydrogen-bond acceptors (Lipinski definition) is 4. The molecule has 20 heavy (non-hydrogen) atoms. The molecule has 2 heterocycles. The van der Waals surface area contributed by atoms with Crippen LogP contribution in [-0.4, -0.2) is 24.6 Å². The molecule has 1 aromatic rings. The van der Waals surface area contributed by atoms with Crippen LogP contribution < -0.4 is 10.6 Å². The van der Waals surface area contributed by atoms with Crippen molar-refractivity contribution in [2.75, 3.05) is 19.6 Å². The third-order valence-electron chi connectivity index (χ3n) is 4.46. The molecule has 1 aliphatic rings. The van der Waals surface area contributed by atoms with Crippen LogP contribution in [0.3, 0.4) is 0 Å². The van der Waals surface area contributed by atoms with Crippen LogP contribution in [0.1, 0.15) is 63.6 Å². The first-order valence-corrected chi connectivity index (χ1v) is 8.93. The van der Waals surface area contributed by atoms with E-state index in [1.807, 2.05) is 11.3 Å². The van der Waals surface area contributed by atoms with Gasteiger partial charge in [-0.2, -0.15) is 0 Å². The molecule has 1 aromatic heterocycles. The summed E-state index contributed by atoms with van der Waals surface area (Å²) in [6, 6.07) is 0. The highest BCUT2D eigenvalue weighted by molar-refractivity contribution is 7.09. The summed E-state index contributed by atoms with van der Waals surface area (Å²) in [5.74, 6) is 1.15. The number of nitrogens with one attached hydrogen (secondary N) is 2. The van der Waals surface area contributed by atoms with Gasteiger partial charge in [0, 0.05) is 11.9 Å². The van der Waals surface area contributed by atoms with Crippen molar-refractivity contribution >= 4 is 11.3 Å². The van der Waals surface area contributed by atoms with E-state index in [0.717, 1.165) is 26.1 Å². The monoisotopic (exact) mass is 295 g/mol. The standard InChI is InChI=1S/C16H29N3S/c1-5-8-18-16(7-9-17-10-13(16)6-2)15-19-14(11-20-15)12(3)4/h11-13,17-18H,5-10H2,1-4H3. The van der Waals surface area contributed by atoms with Crippen molar-refractivity contribution in [3.8, 4) is 0 Å². The second-order valence-corrected chi connectivity index (χ2v) is 7.05. The summed E-state index contributed by atoms with van der Waals surface area (Å²) >= 11 is 1.85. The van der Waals surface area contributed by atoms with Crippen molar-refractivity contribution in [2.24, 2.45) is 5.92 Å². The molecule has 0 aromatic carbocycles. The van der Waals surface area contributed by atoms with Crippen molar-refractivity contribution < 1.29 is 0 Å². The predicted molar refractivity (Wildman–Crippen MR) is 87.4 cm³/mol. The lowest BCUT2D eigenvalue weighted by Gasteiger charge is -2.44. The minimum Gasteiger partial charge on any atom is -0.316 e. The smallest absolute Gasteiger partial charge is 0.113 e. The lowest BCUT2D eigenvalue weighted by Crippen LogP contribution is -2.56. The maximum absolute atomic E-state index is 4.98. The van der Waals surface area contributed by atoms with E-state index in [9.17, 15) is 0 Å². The fourth-order valence-electron chi connectivity index (χ4n) is 3.13. The molecule has 1 saturated heterocycles. The zero-order valence-corrected chi connectivity index (χ0v) is 14.1. The molecule has 1 fully saturated rings. The third-order valence-corrected chi connectivity index (χ3v) is 5.50. The zero-order chi connectivity index (χ0) is 14.6. The molecule has 0 bridgehead atoms.